The van der Waals surface area contributed by atoms with E-state index in [1.54, 1.807) is 0 Å². The van der Waals surface area contributed by atoms with Gasteiger partial charge in [0.15, 0.2) is 0 Å². The molecule has 1 saturated carbocycles. The van der Waals surface area contributed by atoms with E-state index in [0.29, 0.717) is 5.41 Å². The van der Waals surface area contributed by atoms with E-state index in [4.69, 9.17) is 0 Å². The summed E-state index contributed by atoms with van der Waals surface area (Å²) >= 11 is 3.66. The fourth-order valence-electron chi connectivity index (χ4n) is 1.28. The molecule has 0 N–H and O–H groups in total. The molecule has 0 aromatic carbocycles. The molecule has 0 aromatic rings. The van der Waals surface area contributed by atoms with Crippen molar-refractivity contribution in [1.29, 1.82) is 0 Å². The Bertz CT molecular complexity index is 86.4. The van der Waals surface area contributed by atoms with Crippen LogP contribution in [0.25, 0.3) is 0 Å². The molecular weight excluding hydrogens is 164 g/mol. The molecule has 1 unspecified atom stereocenters. The monoisotopic (exact) mass is 176 g/mol. The molecule has 0 heterocycles. The first-order valence-electron chi connectivity index (χ1n) is 3.27. The van der Waals surface area contributed by atoms with Gasteiger partial charge in [0.05, 0.1) is 0 Å². The Morgan fingerprint density at radius 1 is 1.50 bits per heavy atom. The van der Waals surface area contributed by atoms with Crippen molar-refractivity contribution in [2.45, 2.75) is 37.9 Å². The molecule has 48 valence electrons. The van der Waals surface area contributed by atoms with Crippen LogP contribution in [0.5, 0.6) is 0 Å². The lowest BCUT2D eigenvalue weighted by atomic mass is 9.92. The van der Waals surface area contributed by atoms with Gasteiger partial charge in [-0.15, -0.1) is 0 Å². The van der Waals surface area contributed by atoms with Crippen LogP contribution in [0.4, 0.5) is 0 Å². The van der Waals surface area contributed by atoms with Gasteiger partial charge in [0, 0.05) is 4.83 Å². The zero-order valence-electron chi connectivity index (χ0n) is 5.58. The van der Waals surface area contributed by atoms with Gasteiger partial charge < -0.3 is 0 Å². The molecule has 1 heteroatoms. The molecule has 1 aliphatic rings. The highest BCUT2D eigenvalue weighted by atomic mass is 79.9. The number of rotatable bonds is 0. The maximum absolute atomic E-state index is 3.66. The molecule has 1 rings (SSSR count). The van der Waals surface area contributed by atoms with Crippen LogP contribution in [0.2, 0.25) is 0 Å². The normalized spacial score (nSPS) is 35.6. The average molecular weight is 177 g/mol. The fourth-order valence-corrected chi connectivity index (χ4v) is 1.84. The summed E-state index contributed by atoms with van der Waals surface area (Å²) in [6, 6.07) is 0. The molecule has 1 aliphatic carbocycles. The van der Waals surface area contributed by atoms with Crippen molar-refractivity contribution in [3.63, 3.8) is 0 Å². The van der Waals surface area contributed by atoms with E-state index in [2.05, 4.69) is 29.8 Å². The van der Waals surface area contributed by atoms with Gasteiger partial charge in [-0.3, -0.25) is 0 Å². The van der Waals surface area contributed by atoms with Crippen molar-refractivity contribution in [2.75, 3.05) is 0 Å². The van der Waals surface area contributed by atoms with Crippen LogP contribution in [-0.2, 0) is 0 Å². The van der Waals surface area contributed by atoms with Crippen LogP contribution in [0.15, 0.2) is 0 Å². The minimum Gasteiger partial charge on any atom is -0.0885 e. The summed E-state index contributed by atoms with van der Waals surface area (Å²) in [5.41, 5.74) is 0.569. The second-order valence-electron chi connectivity index (χ2n) is 3.35. The van der Waals surface area contributed by atoms with Crippen molar-refractivity contribution in [1.82, 2.24) is 0 Å². The van der Waals surface area contributed by atoms with E-state index in [1.165, 1.54) is 19.3 Å². The Balaban J connectivity index is 2.54. The highest BCUT2D eigenvalue weighted by Crippen LogP contribution is 2.41. The predicted molar refractivity (Wildman–Crippen MR) is 40.3 cm³/mol. The third kappa shape index (κ3) is 1.07. The van der Waals surface area contributed by atoms with Crippen LogP contribution >= 0.6 is 15.9 Å². The zero-order valence-corrected chi connectivity index (χ0v) is 7.16. The lowest BCUT2D eigenvalue weighted by Gasteiger charge is -2.20. The van der Waals surface area contributed by atoms with Crippen LogP contribution in [0.3, 0.4) is 0 Å². The Labute approximate surface area is 59.8 Å². The third-order valence-corrected chi connectivity index (χ3v) is 3.82. The summed E-state index contributed by atoms with van der Waals surface area (Å²) in [6.45, 7) is 4.67. The third-order valence-electron chi connectivity index (χ3n) is 2.13. The van der Waals surface area contributed by atoms with Crippen molar-refractivity contribution >= 4 is 15.9 Å². The van der Waals surface area contributed by atoms with Crippen LogP contribution in [0, 0.1) is 5.41 Å². The highest BCUT2D eigenvalue weighted by molar-refractivity contribution is 9.09. The Kier molecular flexibility index (Phi) is 1.66. The van der Waals surface area contributed by atoms with Crippen LogP contribution < -0.4 is 0 Å². The lowest BCUT2D eigenvalue weighted by molar-refractivity contribution is 0.397. The molecule has 8 heavy (non-hydrogen) atoms. The second kappa shape index (κ2) is 2.02. The molecule has 1 fully saturated rings. The molecule has 1 atom stereocenters. The molecular formula is C7H13Br. The fraction of sp³-hybridized carbons (Fsp3) is 1.00. The summed E-state index contributed by atoms with van der Waals surface area (Å²) in [5.74, 6) is 0. The number of alkyl halides is 1. The quantitative estimate of drug-likeness (QED) is 0.499. The Morgan fingerprint density at radius 3 is 2.25 bits per heavy atom. The van der Waals surface area contributed by atoms with E-state index in [1.807, 2.05) is 0 Å². The van der Waals surface area contributed by atoms with Gasteiger partial charge >= 0.3 is 0 Å². The van der Waals surface area contributed by atoms with E-state index in [-0.39, 0.29) is 0 Å². The van der Waals surface area contributed by atoms with E-state index in [0.717, 1.165) is 4.83 Å². The van der Waals surface area contributed by atoms with Gasteiger partial charge in [0.25, 0.3) is 0 Å². The first kappa shape index (κ1) is 6.60. The largest absolute Gasteiger partial charge is 0.0885 e. The van der Waals surface area contributed by atoms with Gasteiger partial charge in [0.1, 0.15) is 0 Å². The number of halogens is 1. The molecule has 0 nitrogen and oxygen atoms in total. The van der Waals surface area contributed by atoms with E-state index >= 15 is 0 Å². The molecule has 0 saturated heterocycles. The van der Waals surface area contributed by atoms with Crippen molar-refractivity contribution in [3.05, 3.63) is 0 Å². The maximum Gasteiger partial charge on any atom is 0.0196 e. The minimum atomic E-state index is 0.569. The first-order chi connectivity index (χ1) is 3.63. The smallest absolute Gasteiger partial charge is 0.0196 e. The van der Waals surface area contributed by atoms with Crippen LogP contribution in [0.1, 0.15) is 33.1 Å². The Hall–Kier alpha value is 0.480. The van der Waals surface area contributed by atoms with Crippen molar-refractivity contribution in [2.24, 2.45) is 5.41 Å². The predicted octanol–water partition coefficient (Wildman–Crippen LogP) is 2.96. The van der Waals surface area contributed by atoms with E-state index < -0.39 is 0 Å². The average Bonchev–Trinajstić information content (AvgIpc) is 1.86. The van der Waals surface area contributed by atoms with E-state index in [9.17, 15) is 0 Å². The summed E-state index contributed by atoms with van der Waals surface area (Å²) in [7, 11) is 0. The molecule has 0 aromatic heterocycles. The molecule has 0 radical (unpaired) electrons. The highest BCUT2D eigenvalue weighted by Gasteiger charge is 2.31. The minimum absolute atomic E-state index is 0.569. The van der Waals surface area contributed by atoms with Crippen molar-refractivity contribution < 1.29 is 0 Å². The first-order valence-corrected chi connectivity index (χ1v) is 4.18. The van der Waals surface area contributed by atoms with Gasteiger partial charge in [-0.05, 0) is 18.3 Å². The summed E-state index contributed by atoms with van der Waals surface area (Å²) in [4.78, 5) is 0.773. The Morgan fingerprint density at radius 2 is 2.12 bits per heavy atom. The summed E-state index contributed by atoms with van der Waals surface area (Å²) < 4.78 is 0. The maximum atomic E-state index is 3.66. The summed E-state index contributed by atoms with van der Waals surface area (Å²) in [5, 5.41) is 0. The zero-order chi connectivity index (χ0) is 6.20. The summed E-state index contributed by atoms with van der Waals surface area (Å²) in [6.07, 6.45) is 4.17. The van der Waals surface area contributed by atoms with Gasteiger partial charge in [-0.1, -0.05) is 36.2 Å². The standard InChI is InChI=1S/C7H13Br/c1-7(2)5-3-4-6(7)8/h6H,3-5H2,1-2H3. The van der Waals surface area contributed by atoms with Gasteiger partial charge in [-0.2, -0.15) is 0 Å². The van der Waals surface area contributed by atoms with Crippen molar-refractivity contribution in [3.8, 4) is 0 Å². The molecule has 0 spiro atoms. The van der Waals surface area contributed by atoms with Gasteiger partial charge in [0.2, 0.25) is 0 Å². The molecule has 0 amide bonds. The molecule has 0 bridgehead atoms. The number of hydrogen-bond acceptors (Lipinski definition) is 0. The van der Waals surface area contributed by atoms with Crippen LogP contribution in [-0.4, -0.2) is 4.83 Å². The lowest BCUT2D eigenvalue weighted by Crippen LogP contribution is -2.15. The molecule has 0 aliphatic heterocycles. The number of hydrogen-bond donors (Lipinski definition) is 0. The second-order valence-corrected chi connectivity index (χ2v) is 4.45. The topological polar surface area (TPSA) is 0 Å². The van der Waals surface area contributed by atoms with Gasteiger partial charge in [-0.25, -0.2) is 0 Å². The SMILES string of the molecule is CC1(C)CCCC1Br.